The molecule has 430 valence electrons. The number of unbranched alkanes of at least 4 members (excludes halogenated alkanes) is 46. The van der Waals surface area contributed by atoms with Gasteiger partial charge < -0.3 is 14.2 Å². The van der Waals surface area contributed by atoms with Crippen molar-refractivity contribution in [3.63, 3.8) is 0 Å². The molecule has 0 N–H and O–H groups in total. The summed E-state index contributed by atoms with van der Waals surface area (Å²) in [6.45, 7) is 6.68. The average Bonchev–Trinajstić information content (AvgIpc) is 3.39. The molecule has 6 heteroatoms. The van der Waals surface area contributed by atoms with Crippen LogP contribution in [0.15, 0.2) is 24.3 Å². The van der Waals surface area contributed by atoms with Crippen LogP contribution in [-0.4, -0.2) is 37.2 Å². The molecule has 0 radical (unpaired) electrons. The van der Waals surface area contributed by atoms with E-state index in [1.165, 1.54) is 263 Å². The fraction of sp³-hybridized carbons (Fsp3) is 0.896. The summed E-state index contributed by atoms with van der Waals surface area (Å²) in [5.41, 5.74) is 0. The Bertz CT molecular complexity index is 1180. The molecule has 0 aliphatic heterocycles. The van der Waals surface area contributed by atoms with Gasteiger partial charge in [0.05, 0.1) is 0 Å². The lowest BCUT2D eigenvalue weighted by Crippen LogP contribution is -2.30. The quantitative estimate of drug-likeness (QED) is 0.0261. The Labute approximate surface area is 455 Å². The third kappa shape index (κ3) is 60.6. The van der Waals surface area contributed by atoms with Gasteiger partial charge >= 0.3 is 17.9 Å². The maximum atomic E-state index is 12.9. The third-order valence-corrected chi connectivity index (χ3v) is 14.9. The second-order valence-electron chi connectivity index (χ2n) is 22.4. The first-order valence-corrected chi connectivity index (χ1v) is 32.8. The highest BCUT2D eigenvalue weighted by molar-refractivity contribution is 5.71. The van der Waals surface area contributed by atoms with Crippen LogP contribution in [0.25, 0.3) is 0 Å². The number of carbonyl (C=O) groups excluding carboxylic acids is 3. The summed E-state index contributed by atoms with van der Waals surface area (Å²) in [6.07, 6.45) is 74.9. The van der Waals surface area contributed by atoms with Gasteiger partial charge in [0, 0.05) is 19.3 Å². The first-order chi connectivity index (χ1) is 36.0. The molecule has 0 aliphatic carbocycles. The van der Waals surface area contributed by atoms with Crippen LogP contribution in [0.1, 0.15) is 367 Å². The first kappa shape index (κ1) is 70.9. The Morgan fingerprint density at radius 3 is 0.685 bits per heavy atom. The molecule has 0 bridgehead atoms. The van der Waals surface area contributed by atoms with E-state index < -0.39 is 6.10 Å². The lowest BCUT2D eigenvalue weighted by molar-refractivity contribution is -0.167. The van der Waals surface area contributed by atoms with Gasteiger partial charge in [-0.3, -0.25) is 14.4 Å². The highest BCUT2D eigenvalue weighted by Gasteiger charge is 2.19. The van der Waals surface area contributed by atoms with Gasteiger partial charge in [-0.15, -0.1) is 0 Å². The Kier molecular flexibility index (Phi) is 60.6. The monoisotopic (exact) mass is 1030 g/mol. The van der Waals surface area contributed by atoms with Gasteiger partial charge in [0.25, 0.3) is 0 Å². The van der Waals surface area contributed by atoms with E-state index >= 15 is 0 Å². The molecular weight excluding hydrogens is 901 g/mol. The summed E-state index contributed by atoms with van der Waals surface area (Å²) in [4.78, 5) is 38.2. The first-order valence-electron chi connectivity index (χ1n) is 32.8. The van der Waals surface area contributed by atoms with Crippen LogP contribution in [0.2, 0.25) is 0 Å². The minimum Gasteiger partial charge on any atom is -0.462 e. The molecule has 0 aromatic heterocycles. The number of allylic oxidation sites excluding steroid dienone is 4. The van der Waals surface area contributed by atoms with E-state index in [-0.39, 0.29) is 31.1 Å². The second-order valence-corrected chi connectivity index (χ2v) is 22.4. The largest absolute Gasteiger partial charge is 0.462 e. The molecule has 6 nitrogen and oxygen atoms in total. The second kappa shape index (κ2) is 62.4. The molecule has 1 unspecified atom stereocenters. The van der Waals surface area contributed by atoms with E-state index in [1.54, 1.807) is 0 Å². The third-order valence-electron chi connectivity index (χ3n) is 14.9. The SMILES string of the molecule is CCCCCCC/C=C\CCCCCCCC(=O)OC(COC(=O)CCCCCCCCCCCCCC)COC(=O)CCCCCCCCCCCCCCCCCCC/C=C\CCCCCCCCCC. The maximum Gasteiger partial charge on any atom is 0.306 e. The number of esters is 3. The molecule has 0 aromatic rings. The summed E-state index contributed by atoms with van der Waals surface area (Å²) in [7, 11) is 0. The number of ether oxygens (including phenoxy) is 3. The summed E-state index contributed by atoms with van der Waals surface area (Å²) >= 11 is 0. The van der Waals surface area contributed by atoms with E-state index in [9.17, 15) is 14.4 Å². The van der Waals surface area contributed by atoms with Gasteiger partial charge in [0.15, 0.2) is 6.10 Å². The average molecular weight is 1030 g/mol. The van der Waals surface area contributed by atoms with Crippen LogP contribution >= 0.6 is 0 Å². The number of hydrogen-bond acceptors (Lipinski definition) is 6. The highest BCUT2D eigenvalue weighted by Crippen LogP contribution is 2.18. The molecule has 0 saturated heterocycles. The van der Waals surface area contributed by atoms with Crippen LogP contribution in [0, 0.1) is 0 Å². The van der Waals surface area contributed by atoms with Crippen molar-refractivity contribution >= 4 is 17.9 Å². The zero-order valence-electron chi connectivity index (χ0n) is 49.4. The predicted molar refractivity (Wildman–Crippen MR) is 316 cm³/mol. The Hall–Kier alpha value is -2.11. The van der Waals surface area contributed by atoms with Gasteiger partial charge in [-0.05, 0) is 70.6 Å². The highest BCUT2D eigenvalue weighted by atomic mass is 16.6. The van der Waals surface area contributed by atoms with Crippen molar-refractivity contribution in [1.82, 2.24) is 0 Å². The van der Waals surface area contributed by atoms with Crippen molar-refractivity contribution in [3.05, 3.63) is 24.3 Å². The van der Waals surface area contributed by atoms with Crippen LogP contribution < -0.4 is 0 Å². The zero-order chi connectivity index (χ0) is 52.9. The van der Waals surface area contributed by atoms with Gasteiger partial charge in [0.2, 0.25) is 0 Å². The van der Waals surface area contributed by atoms with Gasteiger partial charge in [-0.25, -0.2) is 0 Å². The van der Waals surface area contributed by atoms with Crippen LogP contribution in [-0.2, 0) is 28.6 Å². The summed E-state index contributed by atoms with van der Waals surface area (Å²) < 4.78 is 16.9. The molecule has 1 atom stereocenters. The molecule has 0 spiro atoms. The summed E-state index contributed by atoms with van der Waals surface area (Å²) in [5.74, 6) is -0.853. The molecular formula is C67H126O6. The van der Waals surface area contributed by atoms with Crippen LogP contribution in [0.4, 0.5) is 0 Å². The Morgan fingerprint density at radius 1 is 0.260 bits per heavy atom. The fourth-order valence-corrected chi connectivity index (χ4v) is 9.97. The van der Waals surface area contributed by atoms with Gasteiger partial charge in [0.1, 0.15) is 13.2 Å². The van der Waals surface area contributed by atoms with E-state index in [0.29, 0.717) is 19.3 Å². The molecule has 0 rings (SSSR count). The van der Waals surface area contributed by atoms with Crippen molar-refractivity contribution in [1.29, 1.82) is 0 Å². The number of carbonyl (C=O) groups is 3. The van der Waals surface area contributed by atoms with E-state index in [2.05, 4.69) is 45.1 Å². The molecule has 0 aliphatic rings. The molecule has 0 saturated carbocycles. The van der Waals surface area contributed by atoms with Crippen molar-refractivity contribution < 1.29 is 28.6 Å². The van der Waals surface area contributed by atoms with Crippen LogP contribution in [0.3, 0.4) is 0 Å². The maximum absolute atomic E-state index is 12.9. The Balaban J connectivity index is 4.12. The summed E-state index contributed by atoms with van der Waals surface area (Å²) in [5, 5.41) is 0. The lowest BCUT2D eigenvalue weighted by atomic mass is 10.0. The van der Waals surface area contributed by atoms with Crippen molar-refractivity contribution in [3.8, 4) is 0 Å². The smallest absolute Gasteiger partial charge is 0.306 e. The van der Waals surface area contributed by atoms with E-state index in [1.807, 2.05) is 0 Å². The van der Waals surface area contributed by atoms with Crippen molar-refractivity contribution in [2.45, 2.75) is 374 Å². The van der Waals surface area contributed by atoms with Crippen molar-refractivity contribution in [2.75, 3.05) is 13.2 Å². The Morgan fingerprint density at radius 2 is 0.452 bits per heavy atom. The summed E-state index contributed by atoms with van der Waals surface area (Å²) in [6, 6.07) is 0. The van der Waals surface area contributed by atoms with Gasteiger partial charge in [-0.2, -0.15) is 0 Å². The van der Waals surface area contributed by atoms with Gasteiger partial charge in [-0.1, -0.05) is 302 Å². The lowest BCUT2D eigenvalue weighted by Gasteiger charge is -2.18. The minimum atomic E-state index is -0.771. The predicted octanol–water partition coefficient (Wildman–Crippen LogP) is 22.2. The zero-order valence-corrected chi connectivity index (χ0v) is 49.4. The molecule has 0 aromatic carbocycles. The standard InChI is InChI=1S/C67H126O6/c1-4-7-10-13-16-19-22-25-27-28-29-30-31-32-33-34-35-36-37-38-39-40-41-43-45-48-51-54-57-60-66(69)72-63-64(62-71-65(68)59-56-53-50-47-44-24-21-18-15-12-9-6-3)73-67(70)61-58-55-52-49-46-42-26-23-20-17-14-11-8-5-2/h23,26,28-29,64H,4-22,24-25,27,30-63H2,1-3H3/b26-23-,29-28-. The minimum absolute atomic E-state index is 0.0690. The van der Waals surface area contributed by atoms with Crippen LogP contribution in [0.5, 0.6) is 0 Å². The normalized spacial score (nSPS) is 12.1. The molecule has 0 amide bonds. The van der Waals surface area contributed by atoms with E-state index in [4.69, 9.17) is 14.2 Å². The number of rotatable bonds is 61. The topological polar surface area (TPSA) is 78.9 Å². The molecule has 0 heterocycles. The number of hydrogen-bond donors (Lipinski definition) is 0. The fourth-order valence-electron chi connectivity index (χ4n) is 9.97. The van der Waals surface area contributed by atoms with E-state index in [0.717, 1.165) is 64.2 Å². The molecule has 73 heavy (non-hydrogen) atoms. The molecule has 0 fully saturated rings. The van der Waals surface area contributed by atoms with Crippen molar-refractivity contribution in [2.24, 2.45) is 0 Å².